The zero-order valence-corrected chi connectivity index (χ0v) is 22.6. The molecule has 38 heavy (non-hydrogen) atoms. The summed E-state index contributed by atoms with van der Waals surface area (Å²) in [6, 6.07) is 15.1. The van der Waals surface area contributed by atoms with Crippen LogP contribution in [0.2, 0.25) is 0 Å². The molecule has 6 rings (SSSR count). The minimum Gasteiger partial charge on any atom is -0.497 e. The van der Waals surface area contributed by atoms with Crippen LogP contribution in [0, 0.1) is 11.7 Å². The van der Waals surface area contributed by atoms with Crippen molar-refractivity contribution in [1.29, 1.82) is 0 Å². The van der Waals surface area contributed by atoms with Crippen molar-refractivity contribution in [2.75, 3.05) is 31.6 Å². The molecule has 0 radical (unpaired) electrons. The second-order valence-corrected chi connectivity index (χ2v) is 11.7. The molecule has 0 aromatic heterocycles. The molecule has 202 valence electrons. The highest BCUT2D eigenvalue weighted by molar-refractivity contribution is 6.16. The first-order valence-corrected chi connectivity index (χ1v) is 14.3. The number of ether oxygens (including phenoxy) is 1. The molecule has 1 aliphatic carbocycles. The maximum Gasteiger partial charge on any atom is 0.350 e. The Kier molecular flexibility index (Phi) is 6.89. The van der Waals surface area contributed by atoms with Crippen LogP contribution in [0.3, 0.4) is 0 Å². The second kappa shape index (κ2) is 10.3. The van der Waals surface area contributed by atoms with Gasteiger partial charge < -0.3 is 14.5 Å². The van der Waals surface area contributed by atoms with Crippen LogP contribution in [0.4, 0.5) is 14.9 Å². The molecule has 2 aromatic rings. The van der Waals surface area contributed by atoms with E-state index in [4.69, 9.17) is 9.73 Å². The van der Waals surface area contributed by atoms with E-state index >= 15 is 0 Å². The van der Waals surface area contributed by atoms with E-state index in [1.54, 1.807) is 13.2 Å². The predicted molar refractivity (Wildman–Crippen MR) is 148 cm³/mol. The highest BCUT2D eigenvalue weighted by atomic mass is 19.1. The van der Waals surface area contributed by atoms with Gasteiger partial charge in [0, 0.05) is 37.4 Å². The normalized spacial score (nSPS) is 28.2. The predicted octanol–water partition coefficient (Wildman–Crippen LogP) is 5.90. The molecule has 3 fully saturated rings. The molecule has 2 saturated heterocycles. The van der Waals surface area contributed by atoms with Crippen molar-refractivity contribution < 1.29 is 13.9 Å². The lowest BCUT2D eigenvalue weighted by atomic mass is 9.78. The number of benzene rings is 2. The van der Waals surface area contributed by atoms with Gasteiger partial charge in [-0.05, 0) is 93.7 Å². The monoisotopic (exact) mass is 518 g/mol. The fourth-order valence-corrected chi connectivity index (χ4v) is 7.18. The molecule has 1 spiro atoms. The largest absolute Gasteiger partial charge is 0.497 e. The van der Waals surface area contributed by atoms with E-state index in [9.17, 15) is 9.18 Å². The number of anilines is 1. The lowest BCUT2D eigenvalue weighted by Crippen LogP contribution is -2.64. The molecule has 6 nitrogen and oxygen atoms in total. The van der Waals surface area contributed by atoms with E-state index < -0.39 is 5.54 Å². The highest BCUT2D eigenvalue weighted by Crippen LogP contribution is 2.44. The number of hydrogen-bond donors (Lipinski definition) is 0. The number of hydrogen-bond acceptors (Lipinski definition) is 4. The number of halogens is 1. The first-order valence-electron chi connectivity index (χ1n) is 14.3. The first-order chi connectivity index (χ1) is 18.5. The third-order valence-electron chi connectivity index (χ3n) is 9.34. The zero-order chi connectivity index (χ0) is 26.3. The molecule has 0 bridgehead atoms. The van der Waals surface area contributed by atoms with Crippen LogP contribution in [0.15, 0.2) is 53.5 Å². The van der Waals surface area contributed by atoms with Gasteiger partial charge in [-0.25, -0.2) is 9.18 Å². The molecule has 1 saturated carbocycles. The number of carbonyl (C=O) groups excluding carboxylic acids is 1. The number of aliphatic imine (C=N–C) groups is 1. The molecule has 3 unspecified atom stereocenters. The Morgan fingerprint density at radius 3 is 2.66 bits per heavy atom. The van der Waals surface area contributed by atoms with Gasteiger partial charge >= 0.3 is 6.03 Å². The minimum atomic E-state index is -0.558. The van der Waals surface area contributed by atoms with Crippen molar-refractivity contribution in [2.24, 2.45) is 10.9 Å². The van der Waals surface area contributed by atoms with Crippen LogP contribution >= 0.6 is 0 Å². The number of methoxy groups -OCH3 is 1. The summed E-state index contributed by atoms with van der Waals surface area (Å²) < 4.78 is 19.9. The van der Waals surface area contributed by atoms with Gasteiger partial charge in [-0.15, -0.1) is 0 Å². The van der Waals surface area contributed by atoms with E-state index in [0.29, 0.717) is 11.7 Å². The summed E-state index contributed by atoms with van der Waals surface area (Å²) in [7, 11) is 1.70. The molecule has 2 amide bonds. The van der Waals surface area contributed by atoms with Gasteiger partial charge in [-0.1, -0.05) is 24.6 Å². The van der Waals surface area contributed by atoms with E-state index in [1.807, 2.05) is 23.1 Å². The number of rotatable bonds is 6. The van der Waals surface area contributed by atoms with E-state index in [1.165, 1.54) is 37.0 Å². The van der Waals surface area contributed by atoms with Gasteiger partial charge in [0.1, 0.15) is 22.9 Å². The molecule has 4 aliphatic rings. The average Bonchev–Trinajstić information content (AvgIpc) is 3.44. The van der Waals surface area contributed by atoms with Crippen LogP contribution in [0.5, 0.6) is 5.75 Å². The Balaban J connectivity index is 1.32. The van der Waals surface area contributed by atoms with E-state index in [0.717, 1.165) is 69.2 Å². The Morgan fingerprint density at radius 2 is 1.92 bits per heavy atom. The van der Waals surface area contributed by atoms with Crippen LogP contribution in [0.25, 0.3) is 0 Å². The maximum atomic E-state index is 14.4. The van der Waals surface area contributed by atoms with Crippen molar-refractivity contribution >= 4 is 17.6 Å². The first kappa shape index (κ1) is 25.4. The number of amides is 2. The van der Waals surface area contributed by atoms with Gasteiger partial charge in [0.2, 0.25) is 0 Å². The third kappa shape index (κ3) is 4.59. The van der Waals surface area contributed by atoms with Crippen molar-refractivity contribution in [3.63, 3.8) is 0 Å². The lowest BCUT2D eigenvalue weighted by molar-refractivity contribution is 0.0875. The Hall–Kier alpha value is -2.93. The quantitative estimate of drug-likeness (QED) is 0.478. The topological polar surface area (TPSA) is 48.4 Å². The fourth-order valence-electron chi connectivity index (χ4n) is 7.18. The van der Waals surface area contributed by atoms with Gasteiger partial charge in [-0.3, -0.25) is 4.90 Å². The van der Waals surface area contributed by atoms with Crippen LogP contribution < -0.4 is 9.64 Å². The number of piperidine rings is 1. The SMILES string of the molecule is COc1cccc(CC2CCCN2C2=NC(=O)N(c3cccc(F)c3)C23CCN(CC2CCC2)C(C)C3)c1. The summed E-state index contributed by atoms with van der Waals surface area (Å²) in [5.41, 5.74) is 1.28. The lowest BCUT2D eigenvalue weighted by Gasteiger charge is -2.51. The van der Waals surface area contributed by atoms with Crippen LogP contribution in [-0.4, -0.2) is 66.0 Å². The smallest absolute Gasteiger partial charge is 0.350 e. The van der Waals surface area contributed by atoms with Crippen molar-refractivity contribution in [2.45, 2.75) is 75.9 Å². The number of urea groups is 1. The minimum absolute atomic E-state index is 0.265. The summed E-state index contributed by atoms with van der Waals surface area (Å²) in [4.78, 5) is 25.3. The van der Waals surface area contributed by atoms with Gasteiger partial charge in [-0.2, -0.15) is 4.99 Å². The molecule has 3 aliphatic heterocycles. The molecule has 7 heteroatoms. The summed E-state index contributed by atoms with van der Waals surface area (Å²) in [5, 5.41) is 0. The van der Waals surface area contributed by atoms with Crippen molar-refractivity contribution in [3.05, 3.63) is 59.9 Å². The fraction of sp³-hybridized carbons (Fsp3) is 0.548. The van der Waals surface area contributed by atoms with Crippen molar-refractivity contribution in [3.8, 4) is 5.75 Å². The number of carbonyl (C=O) groups is 1. The van der Waals surface area contributed by atoms with Gasteiger partial charge in [0.25, 0.3) is 0 Å². The summed E-state index contributed by atoms with van der Waals surface area (Å²) >= 11 is 0. The Morgan fingerprint density at radius 1 is 1.08 bits per heavy atom. The third-order valence-corrected chi connectivity index (χ3v) is 9.34. The molecular weight excluding hydrogens is 479 g/mol. The standard InChI is InChI=1S/C31H39FN4O2/c1-22-20-31(14-16-34(22)21-23-7-3-8-23)29(33-30(37)36(31)27-11-5-10-25(32)19-27)35-15-6-12-26(35)17-24-9-4-13-28(18-24)38-2/h4-5,9-11,13,18-19,22-23,26H,3,6-8,12,14-17,20-21H2,1-2H3. The highest BCUT2D eigenvalue weighted by Gasteiger charge is 2.56. The van der Waals surface area contributed by atoms with E-state index in [-0.39, 0.29) is 17.9 Å². The average molecular weight is 519 g/mol. The molecular formula is C31H39FN4O2. The molecule has 0 N–H and O–H groups in total. The molecule has 3 heterocycles. The van der Waals surface area contributed by atoms with Crippen molar-refractivity contribution in [1.82, 2.24) is 9.80 Å². The Labute approximate surface area is 225 Å². The second-order valence-electron chi connectivity index (χ2n) is 11.7. The summed E-state index contributed by atoms with van der Waals surface area (Å²) in [6.07, 6.45) is 8.63. The Bertz CT molecular complexity index is 1210. The number of amidine groups is 1. The maximum absolute atomic E-state index is 14.4. The number of nitrogens with zero attached hydrogens (tertiary/aromatic N) is 4. The zero-order valence-electron chi connectivity index (χ0n) is 22.6. The van der Waals surface area contributed by atoms with Crippen LogP contribution in [0.1, 0.15) is 57.4 Å². The number of likely N-dealkylation sites (tertiary alicyclic amines) is 2. The molecule has 2 aromatic carbocycles. The van der Waals surface area contributed by atoms with Gasteiger partial charge in [0.15, 0.2) is 0 Å². The van der Waals surface area contributed by atoms with Gasteiger partial charge in [0.05, 0.1) is 7.11 Å². The molecule has 3 atom stereocenters. The summed E-state index contributed by atoms with van der Waals surface area (Å²) in [5.74, 6) is 2.23. The van der Waals surface area contributed by atoms with E-state index in [2.05, 4.69) is 28.9 Å². The van der Waals surface area contributed by atoms with Crippen LogP contribution in [-0.2, 0) is 6.42 Å². The summed E-state index contributed by atoms with van der Waals surface area (Å²) in [6.45, 7) is 5.24.